The summed E-state index contributed by atoms with van der Waals surface area (Å²) in [5.41, 5.74) is 0.0714. The number of anilines is 2. The lowest BCUT2D eigenvalue weighted by Crippen LogP contribution is -2.32. The predicted octanol–water partition coefficient (Wildman–Crippen LogP) is 2.54. The van der Waals surface area contributed by atoms with Crippen molar-refractivity contribution in [3.63, 3.8) is 0 Å². The van der Waals surface area contributed by atoms with E-state index in [1.165, 1.54) is 24.3 Å². The summed E-state index contributed by atoms with van der Waals surface area (Å²) in [6.45, 7) is 0.559. The highest BCUT2D eigenvalue weighted by Gasteiger charge is 2.18. The van der Waals surface area contributed by atoms with E-state index in [0.717, 1.165) is 12.3 Å². The number of benzene rings is 2. The zero-order chi connectivity index (χ0) is 20.0. The average molecular weight is 412 g/mol. The first kappa shape index (κ1) is 20.5. The van der Waals surface area contributed by atoms with Crippen molar-refractivity contribution in [1.82, 2.24) is 5.32 Å². The zero-order valence-corrected chi connectivity index (χ0v) is 15.9. The Kier molecular flexibility index (Phi) is 6.64. The fraction of sp³-hybridized carbons (Fsp3) is 0.188. The molecule has 0 bridgehead atoms. The SMILES string of the molecule is CS(=O)(=O)c1ccc(NCCNC(=S)Nc2ccccc2F)c([N+](=O)[O-])c1. The van der Waals surface area contributed by atoms with Gasteiger partial charge in [0.05, 0.1) is 15.5 Å². The van der Waals surface area contributed by atoms with Gasteiger partial charge in [0.25, 0.3) is 5.69 Å². The molecule has 0 spiro atoms. The van der Waals surface area contributed by atoms with Gasteiger partial charge in [-0.15, -0.1) is 0 Å². The van der Waals surface area contributed by atoms with Gasteiger partial charge in [-0.05, 0) is 36.5 Å². The van der Waals surface area contributed by atoms with Crippen molar-refractivity contribution in [2.45, 2.75) is 4.90 Å². The van der Waals surface area contributed by atoms with E-state index in [0.29, 0.717) is 6.54 Å². The Balaban J connectivity index is 1.92. The van der Waals surface area contributed by atoms with Crippen molar-refractivity contribution in [1.29, 1.82) is 0 Å². The minimum Gasteiger partial charge on any atom is -0.378 e. The van der Waals surface area contributed by atoms with E-state index in [1.54, 1.807) is 12.1 Å². The molecule has 0 aliphatic carbocycles. The van der Waals surface area contributed by atoms with Crippen molar-refractivity contribution < 1.29 is 17.7 Å². The van der Waals surface area contributed by atoms with Crippen LogP contribution in [0.2, 0.25) is 0 Å². The van der Waals surface area contributed by atoms with E-state index in [1.807, 2.05) is 0 Å². The Hall–Kier alpha value is -2.79. The first-order valence-corrected chi connectivity index (χ1v) is 10.00. The number of rotatable bonds is 7. The molecule has 0 saturated heterocycles. The minimum absolute atomic E-state index is 0.131. The molecule has 2 aromatic rings. The van der Waals surface area contributed by atoms with Gasteiger partial charge >= 0.3 is 0 Å². The van der Waals surface area contributed by atoms with Crippen molar-refractivity contribution in [3.05, 3.63) is 58.4 Å². The third-order valence-electron chi connectivity index (χ3n) is 3.44. The average Bonchev–Trinajstić information content (AvgIpc) is 2.59. The number of halogens is 1. The van der Waals surface area contributed by atoms with Gasteiger partial charge in [-0.2, -0.15) is 0 Å². The van der Waals surface area contributed by atoms with Gasteiger partial charge in [-0.25, -0.2) is 12.8 Å². The fourth-order valence-corrected chi connectivity index (χ4v) is 3.00. The number of nitro groups is 1. The standard InChI is InChI=1S/C16H17FN4O4S2/c1-27(24,25)11-6-7-14(15(10-11)21(22)23)18-8-9-19-16(26)20-13-5-3-2-4-12(13)17/h2-7,10,18H,8-9H2,1H3,(H2,19,20,26). The Morgan fingerprint density at radius 3 is 2.52 bits per heavy atom. The lowest BCUT2D eigenvalue weighted by Gasteiger charge is -2.12. The molecule has 0 aliphatic heterocycles. The molecule has 0 amide bonds. The topological polar surface area (TPSA) is 113 Å². The molecule has 0 saturated carbocycles. The van der Waals surface area contributed by atoms with Crippen molar-refractivity contribution >= 4 is 44.2 Å². The van der Waals surface area contributed by atoms with E-state index in [4.69, 9.17) is 12.2 Å². The molecule has 2 aromatic carbocycles. The lowest BCUT2D eigenvalue weighted by molar-refractivity contribution is -0.384. The third kappa shape index (κ3) is 5.86. The summed E-state index contributed by atoms with van der Waals surface area (Å²) in [6, 6.07) is 9.69. The minimum atomic E-state index is -3.55. The maximum absolute atomic E-state index is 13.5. The Bertz CT molecular complexity index is 967. The molecule has 0 radical (unpaired) electrons. The molecule has 0 aromatic heterocycles. The van der Waals surface area contributed by atoms with Gasteiger partial charge in [0.1, 0.15) is 11.5 Å². The van der Waals surface area contributed by atoms with Crippen LogP contribution in [0.4, 0.5) is 21.5 Å². The highest BCUT2D eigenvalue weighted by atomic mass is 32.2. The van der Waals surface area contributed by atoms with Gasteiger partial charge in [-0.1, -0.05) is 12.1 Å². The number of hydrogen-bond donors (Lipinski definition) is 3. The van der Waals surface area contributed by atoms with Crippen LogP contribution in [0.25, 0.3) is 0 Å². The zero-order valence-electron chi connectivity index (χ0n) is 14.2. The van der Waals surface area contributed by atoms with Gasteiger partial charge in [-0.3, -0.25) is 10.1 Å². The normalized spacial score (nSPS) is 10.9. The molecule has 0 fully saturated rings. The van der Waals surface area contributed by atoms with Crippen LogP contribution >= 0.6 is 12.2 Å². The summed E-state index contributed by atoms with van der Waals surface area (Å²) in [7, 11) is -3.55. The molecular formula is C16H17FN4O4S2. The van der Waals surface area contributed by atoms with E-state index < -0.39 is 20.6 Å². The number of sulfone groups is 1. The predicted molar refractivity (Wildman–Crippen MR) is 105 cm³/mol. The number of nitro benzene ring substituents is 1. The summed E-state index contributed by atoms with van der Waals surface area (Å²) in [5.74, 6) is -0.443. The molecule has 144 valence electrons. The summed E-state index contributed by atoms with van der Waals surface area (Å²) < 4.78 is 36.6. The number of thiocarbonyl (C=S) groups is 1. The van der Waals surface area contributed by atoms with Crippen LogP contribution in [-0.2, 0) is 9.84 Å². The molecule has 3 N–H and O–H groups in total. The summed E-state index contributed by atoms with van der Waals surface area (Å²) in [6.07, 6.45) is 0.979. The van der Waals surface area contributed by atoms with Crippen LogP contribution in [-0.4, -0.2) is 37.8 Å². The van der Waals surface area contributed by atoms with E-state index in [2.05, 4.69) is 16.0 Å². The van der Waals surface area contributed by atoms with E-state index in [9.17, 15) is 22.9 Å². The Morgan fingerprint density at radius 2 is 1.89 bits per heavy atom. The first-order valence-electron chi connectivity index (χ1n) is 7.70. The summed E-state index contributed by atoms with van der Waals surface area (Å²) in [4.78, 5) is 10.4. The number of para-hydroxylation sites is 1. The largest absolute Gasteiger partial charge is 0.378 e. The molecular weight excluding hydrogens is 395 g/mol. The van der Waals surface area contributed by atoms with Crippen LogP contribution in [0.3, 0.4) is 0 Å². The van der Waals surface area contributed by atoms with Crippen LogP contribution in [0.15, 0.2) is 47.4 Å². The maximum atomic E-state index is 13.5. The second-order valence-corrected chi connectivity index (χ2v) is 7.92. The Labute approximate surface area is 160 Å². The molecule has 0 atom stereocenters. The number of hydrogen-bond acceptors (Lipinski definition) is 6. The maximum Gasteiger partial charge on any atom is 0.293 e. The molecule has 27 heavy (non-hydrogen) atoms. The van der Waals surface area contributed by atoms with Crippen LogP contribution in [0, 0.1) is 15.9 Å². The van der Waals surface area contributed by atoms with Gasteiger partial charge in [0.2, 0.25) is 0 Å². The molecule has 8 nitrogen and oxygen atoms in total. The van der Waals surface area contributed by atoms with Gasteiger partial charge < -0.3 is 16.0 Å². The van der Waals surface area contributed by atoms with Gasteiger partial charge in [0, 0.05) is 25.4 Å². The smallest absolute Gasteiger partial charge is 0.293 e. The quantitative estimate of drug-likeness (QED) is 0.275. The van der Waals surface area contributed by atoms with Crippen molar-refractivity contribution in [2.75, 3.05) is 30.0 Å². The highest BCUT2D eigenvalue weighted by Crippen LogP contribution is 2.27. The highest BCUT2D eigenvalue weighted by molar-refractivity contribution is 7.90. The molecule has 11 heteroatoms. The molecule has 0 heterocycles. The van der Waals surface area contributed by atoms with E-state index in [-0.39, 0.29) is 33.6 Å². The fourth-order valence-electron chi connectivity index (χ4n) is 2.14. The van der Waals surface area contributed by atoms with Crippen LogP contribution < -0.4 is 16.0 Å². The molecule has 0 aliphatic rings. The first-order chi connectivity index (χ1) is 12.7. The molecule has 0 unspecified atom stereocenters. The van der Waals surface area contributed by atoms with Crippen LogP contribution in [0.1, 0.15) is 0 Å². The van der Waals surface area contributed by atoms with Gasteiger partial charge in [0.15, 0.2) is 14.9 Å². The molecule has 2 rings (SSSR count). The summed E-state index contributed by atoms with van der Waals surface area (Å²) >= 11 is 5.06. The second-order valence-electron chi connectivity index (χ2n) is 5.50. The number of nitrogens with one attached hydrogen (secondary N) is 3. The number of nitrogens with zero attached hydrogens (tertiary/aromatic N) is 1. The van der Waals surface area contributed by atoms with Crippen molar-refractivity contribution in [3.8, 4) is 0 Å². The third-order valence-corrected chi connectivity index (χ3v) is 4.80. The monoisotopic (exact) mass is 412 g/mol. The van der Waals surface area contributed by atoms with Crippen molar-refractivity contribution in [2.24, 2.45) is 0 Å². The van der Waals surface area contributed by atoms with Crippen LogP contribution in [0.5, 0.6) is 0 Å². The Morgan fingerprint density at radius 1 is 1.19 bits per heavy atom. The van der Waals surface area contributed by atoms with E-state index >= 15 is 0 Å². The second kappa shape index (κ2) is 8.73. The summed E-state index contributed by atoms with van der Waals surface area (Å²) in [5, 5.41) is 19.8. The lowest BCUT2D eigenvalue weighted by atomic mass is 10.2.